The molecule has 0 saturated carbocycles. The van der Waals surface area contributed by atoms with E-state index in [0.29, 0.717) is 22.3 Å². The number of hydrogen-bond donors (Lipinski definition) is 1. The average Bonchev–Trinajstić information content (AvgIpc) is 3.27. The van der Waals surface area contributed by atoms with Gasteiger partial charge in [0.1, 0.15) is 5.65 Å². The van der Waals surface area contributed by atoms with Gasteiger partial charge in [-0.2, -0.15) is 0 Å². The summed E-state index contributed by atoms with van der Waals surface area (Å²) in [5.74, 6) is -0.745. The third kappa shape index (κ3) is 2.29. The predicted molar refractivity (Wildman–Crippen MR) is 116 cm³/mol. The molecule has 7 nitrogen and oxygen atoms in total. The molecule has 150 valence electrons. The molecule has 1 unspecified atom stereocenters. The zero-order valence-corrected chi connectivity index (χ0v) is 16.8. The first-order valence-electron chi connectivity index (χ1n) is 9.65. The molecule has 1 aliphatic heterocycles. The standard InChI is InChI=1S/C23H20N4O3/c1-25-15-12-8-7-11-14(15)16(21(25)28)17-18-20(26(2)23(30)27(3)22(18)29)24-19(17)13-9-5-4-6-10-13/h4-12,16,24H,1-3H3. The summed E-state index contributed by atoms with van der Waals surface area (Å²) in [6, 6.07) is 17.2. The predicted octanol–water partition coefficient (Wildman–Crippen LogP) is 2.34. The summed E-state index contributed by atoms with van der Waals surface area (Å²) in [5, 5.41) is 0.363. The van der Waals surface area contributed by atoms with Crippen LogP contribution in [0.4, 0.5) is 5.69 Å². The number of anilines is 1. The second kappa shape index (κ2) is 6.32. The quantitative estimate of drug-likeness (QED) is 0.561. The van der Waals surface area contributed by atoms with Crippen molar-refractivity contribution in [3.8, 4) is 11.3 Å². The van der Waals surface area contributed by atoms with E-state index in [0.717, 1.165) is 21.4 Å². The highest BCUT2D eigenvalue weighted by molar-refractivity contribution is 6.10. The number of nitrogens with zero attached hydrogens (tertiary/aromatic N) is 3. The maximum absolute atomic E-state index is 13.4. The number of carbonyl (C=O) groups excluding carboxylic acids is 1. The number of carbonyl (C=O) groups is 1. The van der Waals surface area contributed by atoms with Crippen molar-refractivity contribution >= 4 is 22.6 Å². The molecule has 3 heterocycles. The molecule has 0 fully saturated rings. The van der Waals surface area contributed by atoms with Gasteiger partial charge in [0.05, 0.1) is 17.0 Å². The van der Waals surface area contributed by atoms with Gasteiger partial charge < -0.3 is 9.88 Å². The molecule has 1 amide bonds. The van der Waals surface area contributed by atoms with Crippen molar-refractivity contribution in [2.45, 2.75) is 5.92 Å². The molecule has 7 heteroatoms. The highest BCUT2D eigenvalue weighted by atomic mass is 16.2. The first-order chi connectivity index (χ1) is 14.4. The summed E-state index contributed by atoms with van der Waals surface area (Å²) < 4.78 is 2.51. The number of likely N-dealkylation sites (N-methyl/N-ethyl adjacent to an activating group) is 1. The number of aromatic nitrogens is 3. The molecule has 0 bridgehead atoms. The number of nitrogens with one attached hydrogen (secondary N) is 1. The molecule has 1 atom stereocenters. The number of benzene rings is 2. The molecule has 1 aliphatic rings. The van der Waals surface area contributed by atoms with Gasteiger partial charge in [0.25, 0.3) is 5.56 Å². The fourth-order valence-corrected chi connectivity index (χ4v) is 4.43. The van der Waals surface area contributed by atoms with Gasteiger partial charge in [-0.05, 0) is 17.2 Å². The molecule has 4 aromatic rings. The van der Waals surface area contributed by atoms with Gasteiger partial charge in [-0.15, -0.1) is 0 Å². The van der Waals surface area contributed by atoms with Crippen molar-refractivity contribution in [2.75, 3.05) is 11.9 Å². The number of H-pyrrole nitrogens is 1. The lowest BCUT2D eigenvalue weighted by Crippen LogP contribution is -2.37. The van der Waals surface area contributed by atoms with E-state index < -0.39 is 17.2 Å². The number of amides is 1. The summed E-state index contributed by atoms with van der Waals surface area (Å²) >= 11 is 0. The van der Waals surface area contributed by atoms with Crippen LogP contribution in [-0.2, 0) is 18.9 Å². The Morgan fingerprint density at radius 2 is 1.50 bits per heavy atom. The number of aromatic amines is 1. The Labute approximate surface area is 171 Å². The normalized spacial score (nSPS) is 15.8. The van der Waals surface area contributed by atoms with Gasteiger partial charge in [-0.1, -0.05) is 48.5 Å². The molecule has 0 radical (unpaired) electrons. The first kappa shape index (κ1) is 18.2. The maximum atomic E-state index is 13.4. The average molecular weight is 400 g/mol. The largest absolute Gasteiger partial charge is 0.340 e. The first-order valence-corrected chi connectivity index (χ1v) is 9.65. The van der Waals surface area contributed by atoms with E-state index in [-0.39, 0.29) is 5.91 Å². The Bertz CT molecular complexity index is 1440. The van der Waals surface area contributed by atoms with Crippen molar-refractivity contribution in [1.82, 2.24) is 14.1 Å². The van der Waals surface area contributed by atoms with E-state index in [9.17, 15) is 14.4 Å². The Hall–Kier alpha value is -3.87. The SMILES string of the molecule is CN1C(=O)C(c2c(-c3ccccc3)[nH]c3c2c(=O)n(C)c(=O)n3C)c2ccccc21. The molecule has 0 saturated heterocycles. The molecule has 0 spiro atoms. The fourth-order valence-electron chi connectivity index (χ4n) is 4.43. The summed E-state index contributed by atoms with van der Waals surface area (Å²) in [7, 11) is 4.82. The topological polar surface area (TPSA) is 80.1 Å². The Balaban J connectivity index is 1.96. The number of para-hydroxylation sites is 1. The van der Waals surface area contributed by atoms with Crippen molar-refractivity contribution in [3.05, 3.63) is 86.6 Å². The third-order valence-corrected chi connectivity index (χ3v) is 5.98. The van der Waals surface area contributed by atoms with Crippen molar-refractivity contribution < 1.29 is 4.79 Å². The smallest absolute Gasteiger partial charge is 0.332 e. The molecule has 2 aromatic heterocycles. The van der Waals surface area contributed by atoms with Gasteiger partial charge in [0, 0.05) is 32.4 Å². The van der Waals surface area contributed by atoms with E-state index in [1.807, 2.05) is 54.6 Å². The van der Waals surface area contributed by atoms with Crippen molar-refractivity contribution in [3.63, 3.8) is 0 Å². The Morgan fingerprint density at radius 1 is 0.833 bits per heavy atom. The van der Waals surface area contributed by atoms with Crippen molar-refractivity contribution in [1.29, 1.82) is 0 Å². The lowest BCUT2D eigenvalue weighted by molar-refractivity contribution is -0.118. The minimum atomic E-state index is -0.639. The molecular formula is C23H20N4O3. The van der Waals surface area contributed by atoms with Crippen LogP contribution in [-0.4, -0.2) is 27.1 Å². The van der Waals surface area contributed by atoms with Gasteiger partial charge >= 0.3 is 5.69 Å². The van der Waals surface area contributed by atoms with E-state index in [4.69, 9.17) is 0 Å². The van der Waals surface area contributed by atoms with Crippen LogP contribution in [0.25, 0.3) is 22.3 Å². The lowest BCUT2D eigenvalue weighted by atomic mass is 9.89. The molecular weight excluding hydrogens is 380 g/mol. The maximum Gasteiger partial charge on any atom is 0.332 e. The third-order valence-electron chi connectivity index (χ3n) is 5.98. The van der Waals surface area contributed by atoms with Crippen LogP contribution < -0.4 is 16.1 Å². The minimum Gasteiger partial charge on any atom is -0.340 e. The highest BCUT2D eigenvalue weighted by Crippen LogP contribution is 2.45. The van der Waals surface area contributed by atoms with E-state index >= 15 is 0 Å². The zero-order chi connectivity index (χ0) is 21.2. The van der Waals surface area contributed by atoms with Gasteiger partial charge in [0.15, 0.2) is 0 Å². The van der Waals surface area contributed by atoms with Crippen LogP contribution in [0.3, 0.4) is 0 Å². The monoisotopic (exact) mass is 400 g/mol. The highest BCUT2D eigenvalue weighted by Gasteiger charge is 2.40. The summed E-state index contributed by atoms with van der Waals surface area (Å²) in [4.78, 5) is 44.0. The number of hydrogen-bond acceptors (Lipinski definition) is 3. The number of rotatable bonds is 2. The van der Waals surface area contributed by atoms with E-state index in [2.05, 4.69) is 4.98 Å². The number of aryl methyl sites for hydroxylation is 1. The Morgan fingerprint density at radius 3 is 2.23 bits per heavy atom. The second-order valence-electron chi connectivity index (χ2n) is 7.60. The molecule has 2 aromatic carbocycles. The second-order valence-corrected chi connectivity index (χ2v) is 7.60. The van der Waals surface area contributed by atoms with Crippen LogP contribution in [0.1, 0.15) is 17.0 Å². The zero-order valence-electron chi connectivity index (χ0n) is 16.8. The van der Waals surface area contributed by atoms with Gasteiger partial charge in [-0.25, -0.2) is 4.79 Å². The summed E-state index contributed by atoms with van der Waals surface area (Å²) in [5.41, 5.74) is 3.37. The van der Waals surface area contributed by atoms with Crippen LogP contribution >= 0.6 is 0 Å². The van der Waals surface area contributed by atoms with Crippen LogP contribution in [0.5, 0.6) is 0 Å². The molecule has 1 N–H and O–H groups in total. The number of fused-ring (bicyclic) bond motifs is 2. The van der Waals surface area contributed by atoms with Crippen LogP contribution in [0.15, 0.2) is 64.2 Å². The van der Waals surface area contributed by atoms with E-state index in [1.165, 1.54) is 11.6 Å². The van der Waals surface area contributed by atoms with Gasteiger partial charge in [0.2, 0.25) is 5.91 Å². The summed E-state index contributed by atoms with van der Waals surface area (Å²) in [6.07, 6.45) is 0. The minimum absolute atomic E-state index is 0.106. The molecule has 30 heavy (non-hydrogen) atoms. The fraction of sp³-hybridized carbons (Fsp3) is 0.174. The molecule has 0 aliphatic carbocycles. The Kier molecular flexibility index (Phi) is 3.83. The van der Waals surface area contributed by atoms with Crippen molar-refractivity contribution in [2.24, 2.45) is 14.1 Å². The molecule has 5 rings (SSSR count). The van der Waals surface area contributed by atoms with Crippen LogP contribution in [0.2, 0.25) is 0 Å². The van der Waals surface area contributed by atoms with E-state index in [1.54, 1.807) is 19.0 Å². The lowest BCUT2D eigenvalue weighted by Gasteiger charge is -2.13. The van der Waals surface area contributed by atoms with Crippen LogP contribution in [0, 0.1) is 0 Å². The van der Waals surface area contributed by atoms with Gasteiger partial charge in [-0.3, -0.25) is 18.7 Å². The summed E-state index contributed by atoms with van der Waals surface area (Å²) in [6.45, 7) is 0.